The summed E-state index contributed by atoms with van der Waals surface area (Å²) in [5.41, 5.74) is 0. The Morgan fingerprint density at radius 3 is 2.47 bits per heavy atom. The Morgan fingerprint density at radius 2 is 2.00 bits per heavy atom. The van der Waals surface area contributed by atoms with E-state index in [0.29, 0.717) is 19.7 Å². The molecule has 0 saturated heterocycles. The van der Waals surface area contributed by atoms with Gasteiger partial charge in [-0.1, -0.05) is 6.92 Å². The lowest BCUT2D eigenvalue weighted by Gasteiger charge is -2.19. The largest absolute Gasteiger partial charge is 0.383 e. The summed E-state index contributed by atoms with van der Waals surface area (Å²) < 4.78 is 32.0. The number of hydrogen-bond acceptors (Lipinski definition) is 4. The third kappa shape index (κ3) is 8.76. The monoisotopic (exact) mass is 289 g/mol. The second-order valence-corrected chi connectivity index (χ2v) is 5.49. The maximum atomic E-state index is 11.7. The van der Waals surface area contributed by atoms with Gasteiger partial charge in [0, 0.05) is 33.3 Å². The second kappa shape index (κ2) is 10.0. The van der Waals surface area contributed by atoms with E-state index in [9.17, 15) is 8.42 Å². The summed E-state index contributed by atoms with van der Waals surface area (Å²) in [6, 6.07) is 0.121. The first-order chi connectivity index (χ1) is 7.44. The van der Waals surface area contributed by atoms with E-state index in [-0.39, 0.29) is 18.4 Å². The van der Waals surface area contributed by atoms with Crippen molar-refractivity contribution in [1.29, 1.82) is 0 Å². The molecule has 0 rings (SSSR count). The molecule has 0 aromatic rings. The maximum absolute atomic E-state index is 11.7. The Balaban J connectivity index is 0. The minimum absolute atomic E-state index is 0. The molecule has 0 aliphatic rings. The number of methoxy groups -OCH3 is 1. The summed E-state index contributed by atoms with van der Waals surface area (Å²) in [5.74, 6) is 0. The van der Waals surface area contributed by atoms with Crippen molar-refractivity contribution in [2.24, 2.45) is 0 Å². The first kappa shape index (κ1) is 19.4. The van der Waals surface area contributed by atoms with E-state index in [1.54, 1.807) is 7.11 Å². The number of nitrogens with zero attached hydrogens (tertiary/aromatic N) is 1. The fraction of sp³-hybridized carbons (Fsp3) is 1.00. The van der Waals surface area contributed by atoms with Crippen LogP contribution in [-0.4, -0.2) is 59.2 Å². The summed E-state index contributed by atoms with van der Waals surface area (Å²) >= 11 is 0. The SMILES string of the molecule is CCN[C@H](C)CNS(=O)(=O)N(C)CCOC.Cl. The van der Waals surface area contributed by atoms with Crippen LogP contribution in [0.3, 0.4) is 0 Å². The Kier molecular flexibility index (Phi) is 11.5. The van der Waals surface area contributed by atoms with Crippen molar-refractivity contribution in [3.05, 3.63) is 0 Å². The Labute approximate surface area is 111 Å². The smallest absolute Gasteiger partial charge is 0.279 e. The van der Waals surface area contributed by atoms with Crippen molar-refractivity contribution in [3.8, 4) is 0 Å². The number of nitrogens with one attached hydrogen (secondary N) is 2. The van der Waals surface area contributed by atoms with E-state index in [4.69, 9.17) is 4.74 Å². The molecular formula is C9H24ClN3O3S. The lowest BCUT2D eigenvalue weighted by atomic mass is 10.3. The predicted molar refractivity (Wildman–Crippen MR) is 71.8 cm³/mol. The molecule has 6 nitrogen and oxygen atoms in total. The van der Waals surface area contributed by atoms with Crippen molar-refractivity contribution in [2.75, 3.05) is 40.4 Å². The van der Waals surface area contributed by atoms with E-state index >= 15 is 0 Å². The van der Waals surface area contributed by atoms with Gasteiger partial charge in [-0.2, -0.15) is 12.7 Å². The van der Waals surface area contributed by atoms with Crippen LogP contribution in [-0.2, 0) is 14.9 Å². The van der Waals surface area contributed by atoms with Crippen molar-refractivity contribution < 1.29 is 13.2 Å². The zero-order valence-electron chi connectivity index (χ0n) is 10.9. The summed E-state index contributed by atoms with van der Waals surface area (Å²) in [4.78, 5) is 0. The molecule has 0 spiro atoms. The van der Waals surface area contributed by atoms with Gasteiger partial charge in [0.2, 0.25) is 0 Å². The van der Waals surface area contributed by atoms with Gasteiger partial charge in [-0.05, 0) is 13.5 Å². The van der Waals surface area contributed by atoms with Gasteiger partial charge in [-0.25, -0.2) is 4.72 Å². The first-order valence-electron chi connectivity index (χ1n) is 5.37. The van der Waals surface area contributed by atoms with Crippen LogP contribution in [0.15, 0.2) is 0 Å². The van der Waals surface area contributed by atoms with E-state index in [0.717, 1.165) is 6.54 Å². The van der Waals surface area contributed by atoms with Crippen molar-refractivity contribution in [3.63, 3.8) is 0 Å². The fourth-order valence-corrected chi connectivity index (χ4v) is 2.10. The minimum Gasteiger partial charge on any atom is -0.383 e. The van der Waals surface area contributed by atoms with Crippen molar-refractivity contribution >= 4 is 22.6 Å². The second-order valence-electron chi connectivity index (χ2n) is 3.63. The van der Waals surface area contributed by atoms with Crippen LogP contribution in [0, 0.1) is 0 Å². The summed E-state index contributed by atoms with van der Waals surface area (Å²) in [6.07, 6.45) is 0. The highest BCUT2D eigenvalue weighted by atomic mass is 35.5. The zero-order valence-corrected chi connectivity index (χ0v) is 12.5. The number of hydrogen-bond donors (Lipinski definition) is 2. The average molecular weight is 290 g/mol. The molecule has 0 unspecified atom stereocenters. The molecule has 8 heteroatoms. The summed E-state index contributed by atoms with van der Waals surface area (Å²) in [7, 11) is -0.313. The summed E-state index contributed by atoms with van der Waals surface area (Å²) in [5, 5.41) is 3.13. The van der Waals surface area contributed by atoms with Gasteiger partial charge in [-0.3, -0.25) is 0 Å². The topological polar surface area (TPSA) is 70.7 Å². The Bertz CT molecular complexity index is 275. The van der Waals surface area contributed by atoms with E-state index in [1.165, 1.54) is 11.4 Å². The average Bonchev–Trinajstić information content (AvgIpc) is 2.23. The molecule has 0 aromatic heterocycles. The molecule has 0 fully saturated rings. The van der Waals surface area contributed by atoms with Gasteiger partial charge in [0.25, 0.3) is 10.2 Å². The molecule has 0 saturated carbocycles. The molecule has 0 heterocycles. The van der Waals surface area contributed by atoms with Crippen LogP contribution in [0.5, 0.6) is 0 Å². The molecule has 0 aliphatic carbocycles. The number of likely N-dealkylation sites (N-methyl/N-ethyl adjacent to an activating group) is 2. The van der Waals surface area contributed by atoms with Gasteiger partial charge in [0.1, 0.15) is 0 Å². The molecule has 1 atom stereocenters. The normalized spacial score (nSPS) is 13.5. The molecule has 0 amide bonds. The van der Waals surface area contributed by atoms with Gasteiger partial charge >= 0.3 is 0 Å². The molecular weight excluding hydrogens is 266 g/mol. The van der Waals surface area contributed by atoms with Crippen LogP contribution in [0.25, 0.3) is 0 Å². The molecule has 106 valence electrons. The highest BCUT2D eigenvalue weighted by molar-refractivity contribution is 7.87. The van der Waals surface area contributed by atoms with Crippen LogP contribution in [0.2, 0.25) is 0 Å². The molecule has 0 radical (unpaired) electrons. The molecule has 17 heavy (non-hydrogen) atoms. The number of ether oxygens (including phenoxy) is 1. The third-order valence-electron chi connectivity index (χ3n) is 2.15. The van der Waals surface area contributed by atoms with Gasteiger partial charge in [0.15, 0.2) is 0 Å². The van der Waals surface area contributed by atoms with E-state index in [1.807, 2.05) is 13.8 Å². The predicted octanol–water partition coefficient (Wildman–Crippen LogP) is -0.181. The minimum atomic E-state index is -3.38. The summed E-state index contributed by atoms with van der Waals surface area (Å²) in [6.45, 7) is 5.86. The van der Waals surface area contributed by atoms with Crippen LogP contribution < -0.4 is 10.0 Å². The molecule has 0 bridgehead atoms. The quantitative estimate of drug-likeness (QED) is 0.618. The zero-order chi connectivity index (χ0) is 12.6. The van der Waals surface area contributed by atoms with Crippen molar-refractivity contribution in [1.82, 2.24) is 14.3 Å². The number of halogens is 1. The van der Waals surface area contributed by atoms with Crippen LogP contribution in [0.4, 0.5) is 0 Å². The molecule has 0 aliphatic heterocycles. The van der Waals surface area contributed by atoms with Gasteiger partial charge in [0.05, 0.1) is 6.61 Å². The van der Waals surface area contributed by atoms with E-state index in [2.05, 4.69) is 10.0 Å². The van der Waals surface area contributed by atoms with E-state index < -0.39 is 10.2 Å². The van der Waals surface area contributed by atoms with Crippen LogP contribution in [0.1, 0.15) is 13.8 Å². The lowest BCUT2D eigenvalue weighted by molar-refractivity contribution is 0.184. The fourth-order valence-electron chi connectivity index (χ4n) is 1.10. The lowest BCUT2D eigenvalue weighted by Crippen LogP contribution is -2.45. The standard InChI is InChI=1S/C9H23N3O3S.ClH/c1-5-10-9(2)8-11-16(13,14)12(3)6-7-15-4;/h9-11H,5-8H2,1-4H3;1H/t9-;/m1./s1. The Hall–Kier alpha value is 0.0800. The highest BCUT2D eigenvalue weighted by Crippen LogP contribution is 1.93. The van der Waals surface area contributed by atoms with Crippen molar-refractivity contribution in [2.45, 2.75) is 19.9 Å². The maximum Gasteiger partial charge on any atom is 0.279 e. The number of rotatable bonds is 9. The Morgan fingerprint density at radius 1 is 1.41 bits per heavy atom. The third-order valence-corrected chi connectivity index (χ3v) is 3.68. The highest BCUT2D eigenvalue weighted by Gasteiger charge is 2.17. The van der Waals surface area contributed by atoms with Crippen LogP contribution >= 0.6 is 12.4 Å². The first-order valence-corrected chi connectivity index (χ1v) is 6.81. The molecule has 0 aromatic carbocycles. The van der Waals surface area contributed by atoms with Gasteiger partial charge < -0.3 is 10.1 Å². The van der Waals surface area contributed by atoms with Gasteiger partial charge in [-0.15, -0.1) is 12.4 Å². The molecule has 2 N–H and O–H groups in total.